The van der Waals surface area contributed by atoms with Gasteiger partial charge in [0.15, 0.2) is 0 Å². The Balaban J connectivity index is 2.26. The van der Waals surface area contributed by atoms with Crippen LogP contribution in [0.5, 0.6) is 0 Å². The van der Waals surface area contributed by atoms with Crippen molar-refractivity contribution in [2.75, 3.05) is 13.1 Å². The van der Waals surface area contributed by atoms with E-state index in [9.17, 15) is 18.3 Å². The molecular weight excluding hydrogens is 298 g/mol. The number of hydrogen-bond donors (Lipinski definition) is 1. The molecule has 1 aromatic heterocycles. The highest BCUT2D eigenvalue weighted by Gasteiger charge is 2.47. The summed E-state index contributed by atoms with van der Waals surface area (Å²) in [6.45, 7) is 4.12. The third-order valence-electron chi connectivity index (χ3n) is 4.03. The lowest BCUT2D eigenvalue weighted by molar-refractivity contribution is -0.148. The smallest absolute Gasteiger partial charge is 0.311 e. The molecule has 20 heavy (non-hydrogen) atoms. The van der Waals surface area contributed by atoms with Crippen LogP contribution in [0.25, 0.3) is 0 Å². The predicted octanol–water partition coefficient (Wildman–Crippen LogP) is 2.19. The van der Waals surface area contributed by atoms with Crippen LogP contribution in [0.3, 0.4) is 0 Å². The Hall–Kier alpha value is -0.920. The number of aryl methyl sites for hydroxylation is 1. The molecule has 0 saturated carbocycles. The van der Waals surface area contributed by atoms with E-state index in [4.69, 9.17) is 0 Å². The van der Waals surface area contributed by atoms with Crippen LogP contribution < -0.4 is 0 Å². The highest BCUT2D eigenvalue weighted by molar-refractivity contribution is 7.91. The molecule has 1 aromatic rings. The normalized spacial score (nSPS) is 24.1. The van der Waals surface area contributed by atoms with Gasteiger partial charge in [0.2, 0.25) is 0 Å². The highest BCUT2D eigenvalue weighted by Crippen LogP contribution is 2.38. The Kier molecular flexibility index (Phi) is 4.22. The molecule has 1 saturated heterocycles. The van der Waals surface area contributed by atoms with Crippen molar-refractivity contribution < 1.29 is 18.3 Å². The molecule has 1 fully saturated rings. The predicted molar refractivity (Wildman–Crippen MR) is 77.4 cm³/mol. The molecule has 2 rings (SSSR count). The molecule has 1 atom stereocenters. The Morgan fingerprint density at radius 2 is 2.15 bits per heavy atom. The van der Waals surface area contributed by atoms with Crippen molar-refractivity contribution in [1.29, 1.82) is 0 Å². The van der Waals surface area contributed by atoms with Gasteiger partial charge in [-0.2, -0.15) is 4.31 Å². The van der Waals surface area contributed by atoms with Gasteiger partial charge in [-0.15, -0.1) is 11.3 Å². The Labute approximate surface area is 123 Å². The van der Waals surface area contributed by atoms with E-state index in [0.717, 1.165) is 11.3 Å². The number of nitrogens with zero attached hydrogens (tertiary/aromatic N) is 1. The van der Waals surface area contributed by atoms with Crippen LogP contribution in [0.15, 0.2) is 16.3 Å². The molecule has 1 aliphatic heterocycles. The summed E-state index contributed by atoms with van der Waals surface area (Å²) in [7, 11) is -3.55. The van der Waals surface area contributed by atoms with E-state index in [1.54, 1.807) is 13.0 Å². The lowest BCUT2D eigenvalue weighted by Gasteiger charge is -2.22. The average molecular weight is 317 g/mol. The number of carboxylic acids is 1. The van der Waals surface area contributed by atoms with Crippen molar-refractivity contribution in [1.82, 2.24) is 4.31 Å². The SMILES string of the molecule is CCc1ccc(S(=O)(=O)N2CCC(CC)(C(=O)O)C2)s1. The molecule has 1 aliphatic rings. The molecule has 0 aliphatic carbocycles. The van der Waals surface area contributed by atoms with Gasteiger partial charge in [0.25, 0.3) is 10.0 Å². The van der Waals surface area contributed by atoms with Crippen molar-refractivity contribution >= 4 is 27.3 Å². The van der Waals surface area contributed by atoms with Crippen molar-refractivity contribution in [3.8, 4) is 0 Å². The van der Waals surface area contributed by atoms with Crippen LogP contribution in [0.2, 0.25) is 0 Å². The molecule has 0 aromatic carbocycles. The van der Waals surface area contributed by atoms with Crippen LogP contribution in [0.1, 0.15) is 31.6 Å². The molecule has 112 valence electrons. The maximum Gasteiger partial charge on any atom is 0.311 e. The molecule has 2 heterocycles. The quantitative estimate of drug-likeness (QED) is 0.903. The number of aliphatic carboxylic acids is 1. The molecule has 0 spiro atoms. The summed E-state index contributed by atoms with van der Waals surface area (Å²) in [5.74, 6) is -0.905. The van der Waals surface area contributed by atoms with Gasteiger partial charge in [0.1, 0.15) is 4.21 Å². The van der Waals surface area contributed by atoms with E-state index in [-0.39, 0.29) is 13.1 Å². The first-order chi connectivity index (χ1) is 9.35. The van der Waals surface area contributed by atoms with Crippen LogP contribution in [-0.2, 0) is 21.2 Å². The number of carboxylic acid groups (broad SMARTS) is 1. The zero-order valence-corrected chi connectivity index (χ0v) is 13.3. The van der Waals surface area contributed by atoms with E-state index in [2.05, 4.69) is 0 Å². The van der Waals surface area contributed by atoms with Crippen LogP contribution in [0.4, 0.5) is 0 Å². The van der Waals surface area contributed by atoms with E-state index < -0.39 is 21.4 Å². The minimum Gasteiger partial charge on any atom is -0.481 e. The Morgan fingerprint density at radius 1 is 1.45 bits per heavy atom. The van der Waals surface area contributed by atoms with E-state index in [1.165, 1.54) is 15.6 Å². The second-order valence-electron chi connectivity index (χ2n) is 5.10. The Bertz CT molecular complexity index is 608. The van der Waals surface area contributed by atoms with Crippen molar-refractivity contribution in [3.05, 3.63) is 17.0 Å². The fraction of sp³-hybridized carbons (Fsp3) is 0.615. The summed E-state index contributed by atoms with van der Waals surface area (Å²) >= 11 is 1.27. The maximum absolute atomic E-state index is 12.5. The third kappa shape index (κ3) is 2.49. The minimum absolute atomic E-state index is 0.0700. The molecule has 5 nitrogen and oxygen atoms in total. The van der Waals surface area contributed by atoms with E-state index in [0.29, 0.717) is 17.1 Å². The summed E-state index contributed by atoms with van der Waals surface area (Å²) in [6, 6.07) is 3.43. The molecule has 7 heteroatoms. The number of hydrogen-bond acceptors (Lipinski definition) is 4. The van der Waals surface area contributed by atoms with Gasteiger partial charge in [-0.1, -0.05) is 13.8 Å². The second-order valence-corrected chi connectivity index (χ2v) is 8.44. The van der Waals surface area contributed by atoms with Gasteiger partial charge in [-0.25, -0.2) is 8.42 Å². The fourth-order valence-electron chi connectivity index (χ4n) is 2.47. The van der Waals surface area contributed by atoms with Gasteiger partial charge >= 0.3 is 5.97 Å². The largest absolute Gasteiger partial charge is 0.481 e. The highest BCUT2D eigenvalue weighted by atomic mass is 32.2. The summed E-state index contributed by atoms with van der Waals surface area (Å²) < 4.78 is 26.7. The molecule has 0 amide bonds. The molecule has 1 N–H and O–H groups in total. The maximum atomic E-state index is 12.5. The zero-order chi connectivity index (χ0) is 15.0. The first kappa shape index (κ1) is 15.5. The standard InChI is InChI=1S/C13H19NO4S2/c1-3-10-5-6-11(19-10)20(17,18)14-8-7-13(4-2,9-14)12(15)16/h5-6H,3-4,7-9H2,1-2H3,(H,15,16). The second kappa shape index (κ2) is 5.46. The number of carbonyl (C=O) groups is 1. The number of rotatable bonds is 5. The third-order valence-corrected chi connectivity index (χ3v) is 7.57. The van der Waals surface area contributed by atoms with Gasteiger partial charge < -0.3 is 5.11 Å². The first-order valence-corrected chi connectivity index (χ1v) is 8.93. The molecule has 1 unspecified atom stereocenters. The average Bonchev–Trinajstić information content (AvgIpc) is 3.06. The topological polar surface area (TPSA) is 74.7 Å². The van der Waals surface area contributed by atoms with Crippen LogP contribution in [-0.4, -0.2) is 36.9 Å². The summed E-state index contributed by atoms with van der Waals surface area (Å²) in [5.41, 5.74) is -0.933. The van der Waals surface area contributed by atoms with E-state index >= 15 is 0 Å². The summed E-state index contributed by atoms with van der Waals surface area (Å²) in [5, 5.41) is 9.34. The van der Waals surface area contributed by atoms with Crippen molar-refractivity contribution in [2.24, 2.45) is 5.41 Å². The van der Waals surface area contributed by atoms with Crippen molar-refractivity contribution in [3.63, 3.8) is 0 Å². The zero-order valence-electron chi connectivity index (χ0n) is 11.6. The van der Waals surface area contributed by atoms with Gasteiger partial charge in [-0.3, -0.25) is 4.79 Å². The minimum atomic E-state index is -3.55. The Morgan fingerprint density at radius 3 is 2.60 bits per heavy atom. The number of sulfonamides is 1. The first-order valence-electron chi connectivity index (χ1n) is 6.68. The lowest BCUT2D eigenvalue weighted by atomic mass is 9.85. The molecule has 0 radical (unpaired) electrons. The van der Waals surface area contributed by atoms with Crippen LogP contribution >= 0.6 is 11.3 Å². The van der Waals surface area contributed by atoms with Crippen LogP contribution in [0, 0.1) is 5.41 Å². The lowest BCUT2D eigenvalue weighted by Crippen LogP contribution is -2.36. The number of thiophene rings is 1. The van der Waals surface area contributed by atoms with Gasteiger partial charge in [0, 0.05) is 18.0 Å². The molecule has 0 bridgehead atoms. The van der Waals surface area contributed by atoms with Gasteiger partial charge in [0.05, 0.1) is 5.41 Å². The fourth-order valence-corrected chi connectivity index (χ4v) is 5.44. The molecular formula is C13H19NO4S2. The van der Waals surface area contributed by atoms with Gasteiger partial charge in [-0.05, 0) is 31.4 Å². The monoisotopic (exact) mass is 317 g/mol. The summed E-state index contributed by atoms with van der Waals surface area (Å²) in [6.07, 6.45) is 1.62. The van der Waals surface area contributed by atoms with Crippen molar-refractivity contribution in [2.45, 2.75) is 37.3 Å². The summed E-state index contributed by atoms with van der Waals surface area (Å²) in [4.78, 5) is 12.4. The van der Waals surface area contributed by atoms with E-state index in [1.807, 2.05) is 13.0 Å².